The number of hydrogen-bond acceptors (Lipinski definition) is 8. The maximum atomic E-state index is 14.5. The summed E-state index contributed by atoms with van der Waals surface area (Å²) in [5, 5.41) is 21.4. The Bertz CT molecular complexity index is 1210. The molecule has 3 N–H and O–H groups in total. The number of nitrogens with one attached hydrogen (secondary N) is 1. The summed E-state index contributed by atoms with van der Waals surface area (Å²) in [6, 6.07) is 9.64. The summed E-state index contributed by atoms with van der Waals surface area (Å²) in [5.41, 5.74) is 2.19. The van der Waals surface area contributed by atoms with Gasteiger partial charge in [-0.25, -0.2) is 9.37 Å². The Hall–Kier alpha value is -3.31. The van der Waals surface area contributed by atoms with Gasteiger partial charge in [-0.3, -0.25) is 14.7 Å². The predicted molar refractivity (Wildman–Crippen MR) is 135 cm³/mol. The lowest BCUT2D eigenvalue weighted by atomic mass is 10.1. The van der Waals surface area contributed by atoms with Gasteiger partial charge in [0.1, 0.15) is 18.2 Å². The Morgan fingerprint density at radius 3 is 2.72 bits per heavy atom. The summed E-state index contributed by atoms with van der Waals surface area (Å²) in [5.74, 6) is 0.283. The minimum absolute atomic E-state index is 0.0482. The molecule has 1 aromatic carbocycles. The zero-order chi connectivity index (χ0) is 25.5. The van der Waals surface area contributed by atoms with Gasteiger partial charge in [0.05, 0.1) is 37.3 Å². The molecule has 2 aromatic heterocycles. The third-order valence-electron chi connectivity index (χ3n) is 5.72. The zero-order valence-corrected chi connectivity index (χ0v) is 20.3. The lowest BCUT2D eigenvalue weighted by molar-refractivity contribution is -0.116. The zero-order valence-electron chi connectivity index (χ0n) is 19.5. The molecule has 11 heteroatoms. The van der Waals surface area contributed by atoms with Crippen LogP contribution in [0.3, 0.4) is 0 Å². The average molecular weight is 516 g/mol. The number of aliphatic hydroxyl groups excluding tert-OH is 2. The maximum absolute atomic E-state index is 14.5. The molecule has 0 radical (unpaired) electrons. The molecule has 190 valence electrons. The number of pyridine rings is 2. The highest BCUT2D eigenvalue weighted by atomic mass is 35.5. The van der Waals surface area contributed by atoms with E-state index in [0.717, 1.165) is 5.69 Å². The van der Waals surface area contributed by atoms with E-state index >= 15 is 0 Å². The average Bonchev–Trinajstić information content (AvgIpc) is 2.88. The number of aromatic nitrogens is 2. The molecule has 0 atom stereocenters. The molecule has 3 heterocycles. The molecule has 0 saturated heterocycles. The molecule has 1 aliphatic heterocycles. The van der Waals surface area contributed by atoms with Crippen LogP contribution < -0.4 is 15.0 Å². The molecule has 0 aliphatic carbocycles. The number of nitrogens with zero attached hydrogens (tertiary/aromatic N) is 4. The number of benzene rings is 1. The number of amides is 1. The highest BCUT2D eigenvalue weighted by Gasteiger charge is 2.22. The fourth-order valence-electron chi connectivity index (χ4n) is 3.97. The van der Waals surface area contributed by atoms with Gasteiger partial charge in [-0.15, -0.1) is 0 Å². The Morgan fingerprint density at radius 1 is 1.14 bits per heavy atom. The van der Waals surface area contributed by atoms with E-state index < -0.39 is 5.82 Å². The first-order valence-corrected chi connectivity index (χ1v) is 11.9. The first-order valence-electron chi connectivity index (χ1n) is 11.5. The lowest BCUT2D eigenvalue weighted by Gasteiger charge is -2.31. The monoisotopic (exact) mass is 515 g/mol. The van der Waals surface area contributed by atoms with E-state index in [1.54, 1.807) is 24.5 Å². The molecule has 1 amide bonds. The Labute approximate surface area is 213 Å². The van der Waals surface area contributed by atoms with E-state index in [9.17, 15) is 9.18 Å². The second kappa shape index (κ2) is 12.1. The number of fused-ring (bicyclic) bond motifs is 1. The van der Waals surface area contributed by atoms with E-state index in [0.29, 0.717) is 60.8 Å². The fourth-order valence-corrected chi connectivity index (χ4v) is 4.14. The number of ether oxygens (including phenoxy) is 1. The third-order valence-corrected chi connectivity index (χ3v) is 5.96. The van der Waals surface area contributed by atoms with E-state index in [1.165, 1.54) is 18.2 Å². The van der Waals surface area contributed by atoms with Crippen molar-refractivity contribution in [2.45, 2.75) is 6.42 Å². The Kier molecular flexibility index (Phi) is 8.65. The molecular weight excluding hydrogens is 489 g/mol. The molecule has 0 fully saturated rings. The lowest BCUT2D eigenvalue weighted by Crippen LogP contribution is -2.33. The highest BCUT2D eigenvalue weighted by molar-refractivity contribution is 6.30. The summed E-state index contributed by atoms with van der Waals surface area (Å²) in [6.07, 6.45) is 3.35. The molecule has 0 unspecified atom stereocenters. The molecule has 9 nitrogen and oxygen atoms in total. The van der Waals surface area contributed by atoms with Crippen molar-refractivity contribution in [2.24, 2.45) is 0 Å². The van der Waals surface area contributed by atoms with Crippen LogP contribution in [0.4, 0.5) is 21.6 Å². The van der Waals surface area contributed by atoms with Crippen LogP contribution in [0.2, 0.25) is 5.02 Å². The van der Waals surface area contributed by atoms with Crippen LogP contribution in [0.25, 0.3) is 11.3 Å². The Morgan fingerprint density at radius 2 is 1.94 bits per heavy atom. The molecule has 4 rings (SSSR count). The van der Waals surface area contributed by atoms with E-state index in [-0.39, 0.29) is 31.1 Å². The first-order chi connectivity index (χ1) is 17.5. The van der Waals surface area contributed by atoms with E-state index in [1.807, 2.05) is 15.9 Å². The summed E-state index contributed by atoms with van der Waals surface area (Å²) < 4.78 is 20.2. The van der Waals surface area contributed by atoms with E-state index in [2.05, 4.69) is 15.3 Å². The topological polar surface area (TPSA) is 111 Å². The van der Waals surface area contributed by atoms with Crippen molar-refractivity contribution in [3.8, 4) is 17.0 Å². The number of anilines is 3. The second-order valence-electron chi connectivity index (χ2n) is 8.15. The van der Waals surface area contributed by atoms with Gasteiger partial charge in [0.15, 0.2) is 5.75 Å². The van der Waals surface area contributed by atoms with E-state index in [4.69, 9.17) is 26.6 Å². The molecule has 36 heavy (non-hydrogen) atoms. The van der Waals surface area contributed by atoms with Crippen LogP contribution in [0.5, 0.6) is 5.75 Å². The van der Waals surface area contributed by atoms with Crippen LogP contribution in [-0.4, -0.2) is 77.0 Å². The summed E-state index contributed by atoms with van der Waals surface area (Å²) >= 11 is 6.07. The standard InChI is InChI=1S/C25H27ClFN5O4/c26-17-1-2-20(27)19(13-17)21-15-22-23(16-29-21)36-12-9-32(22)18-3-5-28-24(14-18)30-25(35)4-6-31(7-10-33)8-11-34/h1-3,5,13-16,33-34H,4,6-12H2,(H,28,30,35). The molecular formula is C25H27ClFN5O4. The third kappa shape index (κ3) is 6.27. The smallest absolute Gasteiger partial charge is 0.226 e. The van der Waals surface area contributed by atoms with Crippen molar-refractivity contribution < 1.29 is 24.1 Å². The predicted octanol–water partition coefficient (Wildman–Crippen LogP) is 3.08. The van der Waals surface area contributed by atoms with Crippen LogP contribution in [-0.2, 0) is 4.79 Å². The Balaban J connectivity index is 1.52. The largest absolute Gasteiger partial charge is 0.488 e. The SMILES string of the molecule is O=C(CCN(CCO)CCO)Nc1cc(N2CCOc3cnc(-c4cc(Cl)ccc4F)cc32)ccn1. The van der Waals surface area contributed by atoms with Crippen molar-refractivity contribution in [1.82, 2.24) is 14.9 Å². The quantitative estimate of drug-likeness (QED) is 0.378. The van der Waals surface area contributed by atoms with Gasteiger partial charge >= 0.3 is 0 Å². The fraction of sp³-hybridized carbons (Fsp3) is 0.320. The van der Waals surface area contributed by atoms with Crippen LogP contribution in [0.15, 0.2) is 48.8 Å². The summed E-state index contributed by atoms with van der Waals surface area (Å²) in [7, 11) is 0. The minimum Gasteiger partial charge on any atom is -0.488 e. The molecule has 0 spiro atoms. The second-order valence-corrected chi connectivity index (χ2v) is 8.58. The van der Waals surface area contributed by atoms with Gasteiger partial charge in [-0.05, 0) is 30.3 Å². The van der Waals surface area contributed by atoms with Crippen molar-refractivity contribution in [2.75, 3.05) is 56.2 Å². The number of carbonyl (C=O) groups excluding carboxylic acids is 1. The molecule has 0 bridgehead atoms. The van der Waals surface area contributed by atoms with Crippen LogP contribution in [0, 0.1) is 5.82 Å². The van der Waals surface area contributed by atoms with Crippen molar-refractivity contribution in [3.05, 3.63) is 59.6 Å². The van der Waals surface area contributed by atoms with Crippen LogP contribution >= 0.6 is 11.6 Å². The molecule has 3 aromatic rings. The van der Waals surface area contributed by atoms with Crippen molar-refractivity contribution >= 4 is 34.7 Å². The van der Waals surface area contributed by atoms with Gasteiger partial charge in [0.2, 0.25) is 5.91 Å². The number of halogens is 2. The van der Waals surface area contributed by atoms with Crippen molar-refractivity contribution in [3.63, 3.8) is 0 Å². The minimum atomic E-state index is -0.430. The molecule has 1 aliphatic rings. The van der Waals surface area contributed by atoms with Gasteiger partial charge in [-0.2, -0.15) is 0 Å². The molecule has 0 saturated carbocycles. The van der Waals surface area contributed by atoms with Gasteiger partial charge in [0, 0.05) is 54.6 Å². The number of aliphatic hydroxyl groups is 2. The number of rotatable bonds is 10. The van der Waals surface area contributed by atoms with Gasteiger partial charge in [0.25, 0.3) is 0 Å². The first kappa shape index (κ1) is 25.8. The van der Waals surface area contributed by atoms with Crippen LogP contribution in [0.1, 0.15) is 6.42 Å². The highest BCUT2D eigenvalue weighted by Crippen LogP contribution is 2.39. The van der Waals surface area contributed by atoms with Crippen molar-refractivity contribution in [1.29, 1.82) is 0 Å². The van der Waals surface area contributed by atoms with Gasteiger partial charge < -0.3 is 25.2 Å². The number of hydrogen-bond donors (Lipinski definition) is 3. The summed E-state index contributed by atoms with van der Waals surface area (Å²) in [6.45, 7) is 2.03. The maximum Gasteiger partial charge on any atom is 0.226 e. The summed E-state index contributed by atoms with van der Waals surface area (Å²) in [4.78, 5) is 24.9. The van der Waals surface area contributed by atoms with Gasteiger partial charge in [-0.1, -0.05) is 11.6 Å². The normalized spacial score (nSPS) is 12.9. The number of carbonyl (C=O) groups is 1.